The number of hydrogen-bond donors (Lipinski definition) is 1. The third-order valence-electron chi connectivity index (χ3n) is 3.18. The van der Waals surface area contributed by atoms with E-state index in [1.54, 1.807) is 7.11 Å². The molecule has 1 amide bonds. The highest BCUT2D eigenvalue weighted by molar-refractivity contribution is 7.12. The first-order valence-corrected chi connectivity index (χ1v) is 8.07. The summed E-state index contributed by atoms with van der Waals surface area (Å²) in [7, 11) is 1.55. The summed E-state index contributed by atoms with van der Waals surface area (Å²) in [4.78, 5) is 24.2. The smallest absolute Gasteiger partial charge is 0.349 e. The highest BCUT2D eigenvalue weighted by Gasteiger charge is 2.17. The van der Waals surface area contributed by atoms with Crippen LogP contribution in [0.4, 0.5) is 0 Å². The predicted molar refractivity (Wildman–Crippen MR) is 89.7 cm³/mol. The number of esters is 1. The van der Waals surface area contributed by atoms with Crippen LogP contribution in [0.3, 0.4) is 0 Å². The van der Waals surface area contributed by atoms with Gasteiger partial charge >= 0.3 is 5.97 Å². The van der Waals surface area contributed by atoms with E-state index in [-0.39, 0.29) is 12.5 Å². The van der Waals surface area contributed by atoms with Crippen LogP contribution in [0, 0.1) is 6.92 Å². The summed E-state index contributed by atoms with van der Waals surface area (Å²) < 4.78 is 9.91. The Morgan fingerprint density at radius 3 is 2.61 bits per heavy atom. The minimum atomic E-state index is -0.488. The molecule has 1 aromatic carbocycles. The lowest BCUT2D eigenvalue weighted by molar-refractivity contribution is -0.124. The molecule has 0 saturated carbocycles. The number of rotatable bonds is 7. The van der Waals surface area contributed by atoms with Gasteiger partial charge in [-0.3, -0.25) is 4.79 Å². The minimum Gasteiger partial charge on any atom is -0.451 e. The topological polar surface area (TPSA) is 64.6 Å². The van der Waals surface area contributed by atoms with E-state index >= 15 is 0 Å². The number of thiophene rings is 1. The fraction of sp³-hybridized carbons (Fsp3) is 0.294. The van der Waals surface area contributed by atoms with Crippen molar-refractivity contribution in [3.63, 3.8) is 0 Å². The van der Waals surface area contributed by atoms with Gasteiger partial charge < -0.3 is 14.8 Å². The first-order valence-electron chi connectivity index (χ1n) is 7.19. The van der Waals surface area contributed by atoms with Crippen molar-refractivity contribution in [2.24, 2.45) is 0 Å². The first-order chi connectivity index (χ1) is 11.1. The van der Waals surface area contributed by atoms with E-state index in [0.29, 0.717) is 18.0 Å². The number of carbonyl (C=O) groups excluding carboxylic acids is 2. The second-order valence-corrected chi connectivity index (χ2v) is 5.86. The first kappa shape index (κ1) is 17.2. The maximum Gasteiger partial charge on any atom is 0.349 e. The average molecular weight is 333 g/mol. The lowest BCUT2D eigenvalue weighted by Gasteiger charge is -2.07. The summed E-state index contributed by atoms with van der Waals surface area (Å²) in [6, 6.07) is 9.79. The number of aryl methyl sites for hydroxylation is 1. The van der Waals surface area contributed by atoms with Crippen molar-refractivity contribution >= 4 is 23.2 Å². The molecule has 0 bridgehead atoms. The van der Waals surface area contributed by atoms with E-state index in [1.807, 2.05) is 42.6 Å². The van der Waals surface area contributed by atoms with Crippen LogP contribution in [0.25, 0.3) is 11.1 Å². The van der Waals surface area contributed by atoms with Gasteiger partial charge in [-0.2, -0.15) is 0 Å². The number of methoxy groups -OCH3 is 1. The Hall–Kier alpha value is -2.18. The maximum absolute atomic E-state index is 12.2. The van der Waals surface area contributed by atoms with Crippen LogP contribution >= 0.6 is 11.3 Å². The van der Waals surface area contributed by atoms with Crippen molar-refractivity contribution in [2.75, 3.05) is 26.9 Å². The van der Waals surface area contributed by atoms with Gasteiger partial charge in [-0.05, 0) is 23.9 Å². The average Bonchev–Trinajstić information content (AvgIpc) is 3.03. The van der Waals surface area contributed by atoms with Crippen molar-refractivity contribution in [2.45, 2.75) is 6.92 Å². The Kier molecular flexibility index (Phi) is 6.31. The van der Waals surface area contributed by atoms with E-state index in [1.165, 1.54) is 11.3 Å². The minimum absolute atomic E-state index is 0.298. The number of amides is 1. The highest BCUT2D eigenvalue weighted by atomic mass is 32.1. The number of carbonyl (C=O) groups is 2. The van der Waals surface area contributed by atoms with Crippen LogP contribution in [-0.2, 0) is 14.3 Å². The Bertz CT molecular complexity index is 663. The lowest BCUT2D eigenvalue weighted by atomic mass is 10.1. The van der Waals surface area contributed by atoms with E-state index in [2.05, 4.69) is 5.32 Å². The third-order valence-corrected chi connectivity index (χ3v) is 4.07. The number of ether oxygens (including phenoxy) is 2. The summed E-state index contributed by atoms with van der Waals surface area (Å²) in [6.07, 6.45) is 0. The molecule has 1 N–H and O–H groups in total. The van der Waals surface area contributed by atoms with Gasteiger partial charge in [0.2, 0.25) is 0 Å². The zero-order valence-corrected chi connectivity index (χ0v) is 13.9. The monoisotopic (exact) mass is 333 g/mol. The number of nitrogens with one attached hydrogen (secondary N) is 1. The van der Waals surface area contributed by atoms with Gasteiger partial charge in [-0.25, -0.2) is 4.79 Å². The lowest BCUT2D eigenvalue weighted by Crippen LogP contribution is -2.31. The quantitative estimate of drug-likeness (QED) is 0.625. The Morgan fingerprint density at radius 1 is 1.17 bits per heavy atom. The van der Waals surface area contributed by atoms with Crippen LogP contribution in [0.1, 0.15) is 15.2 Å². The molecule has 0 aliphatic heterocycles. The molecule has 1 heterocycles. The molecule has 0 atom stereocenters. The molecule has 0 aliphatic rings. The molecule has 0 saturated heterocycles. The third kappa shape index (κ3) is 4.91. The van der Waals surface area contributed by atoms with Crippen molar-refractivity contribution in [3.05, 3.63) is 46.2 Å². The molecule has 0 unspecified atom stereocenters. The Labute approximate surface area is 139 Å². The molecular formula is C17H19NO4S. The molecule has 0 radical (unpaired) electrons. The Balaban J connectivity index is 1.97. The Morgan fingerprint density at radius 2 is 1.91 bits per heavy atom. The van der Waals surface area contributed by atoms with Gasteiger partial charge in [0, 0.05) is 19.2 Å². The van der Waals surface area contributed by atoms with Crippen molar-refractivity contribution in [3.8, 4) is 11.1 Å². The fourth-order valence-electron chi connectivity index (χ4n) is 1.97. The van der Waals surface area contributed by atoms with E-state index in [0.717, 1.165) is 16.7 Å². The van der Waals surface area contributed by atoms with Crippen LogP contribution in [0.5, 0.6) is 0 Å². The van der Waals surface area contributed by atoms with Crippen LogP contribution in [0.2, 0.25) is 0 Å². The summed E-state index contributed by atoms with van der Waals surface area (Å²) in [5, 5.41) is 4.44. The normalized spacial score (nSPS) is 10.3. The molecule has 0 aliphatic carbocycles. The molecule has 0 fully saturated rings. The van der Waals surface area contributed by atoms with E-state index in [4.69, 9.17) is 9.47 Å². The van der Waals surface area contributed by atoms with E-state index < -0.39 is 5.97 Å². The standard InChI is InChI=1S/C17H19NO4S/c1-12-3-5-13(6-4-12)14-7-10-23-16(14)17(20)22-11-15(19)18-8-9-21-2/h3-7,10H,8-9,11H2,1-2H3,(H,18,19). The fourth-order valence-corrected chi connectivity index (χ4v) is 2.78. The van der Waals surface area contributed by atoms with Crippen LogP contribution in [-0.4, -0.2) is 38.7 Å². The van der Waals surface area contributed by atoms with Gasteiger partial charge in [0.15, 0.2) is 6.61 Å². The summed E-state index contributed by atoms with van der Waals surface area (Å²) in [5.74, 6) is -0.832. The molecule has 2 aromatic rings. The van der Waals surface area contributed by atoms with Gasteiger partial charge in [0.1, 0.15) is 4.88 Å². The van der Waals surface area contributed by atoms with Crippen LogP contribution < -0.4 is 5.32 Å². The molecule has 5 nitrogen and oxygen atoms in total. The number of benzene rings is 1. The zero-order chi connectivity index (χ0) is 16.7. The van der Waals surface area contributed by atoms with Crippen molar-refractivity contribution in [1.82, 2.24) is 5.32 Å². The zero-order valence-electron chi connectivity index (χ0n) is 13.1. The second-order valence-electron chi connectivity index (χ2n) is 4.95. The van der Waals surface area contributed by atoms with Crippen LogP contribution in [0.15, 0.2) is 35.7 Å². The highest BCUT2D eigenvalue weighted by Crippen LogP contribution is 2.29. The molecule has 1 aromatic heterocycles. The summed E-state index contributed by atoms with van der Waals surface area (Å²) in [5.41, 5.74) is 2.92. The molecule has 122 valence electrons. The maximum atomic E-state index is 12.2. The second kappa shape index (κ2) is 8.45. The SMILES string of the molecule is COCCNC(=O)COC(=O)c1sccc1-c1ccc(C)cc1. The molecule has 23 heavy (non-hydrogen) atoms. The molecule has 2 rings (SSSR count). The van der Waals surface area contributed by atoms with Gasteiger partial charge in [-0.1, -0.05) is 29.8 Å². The van der Waals surface area contributed by atoms with Crippen molar-refractivity contribution in [1.29, 1.82) is 0 Å². The van der Waals surface area contributed by atoms with Gasteiger partial charge in [0.25, 0.3) is 5.91 Å². The van der Waals surface area contributed by atoms with E-state index in [9.17, 15) is 9.59 Å². The van der Waals surface area contributed by atoms with Crippen molar-refractivity contribution < 1.29 is 19.1 Å². The van der Waals surface area contributed by atoms with Gasteiger partial charge in [-0.15, -0.1) is 11.3 Å². The summed E-state index contributed by atoms with van der Waals surface area (Å²) >= 11 is 1.30. The summed E-state index contributed by atoms with van der Waals surface area (Å²) in [6.45, 7) is 2.52. The largest absolute Gasteiger partial charge is 0.451 e. The predicted octanol–water partition coefficient (Wildman–Crippen LogP) is 2.64. The molecule has 6 heteroatoms. The molecule has 0 spiro atoms. The van der Waals surface area contributed by atoms with Gasteiger partial charge in [0.05, 0.1) is 6.61 Å². The number of hydrogen-bond acceptors (Lipinski definition) is 5. The molecular weight excluding hydrogens is 314 g/mol.